The van der Waals surface area contributed by atoms with Crippen molar-refractivity contribution in [1.29, 1.82) is 0 Å². The second kappa shape index (κ2) is 6.21. The van der Waals surface area contributed by atoms with E-state index < -0.39 is 0 Å². The van der Waals surface area contributed by atoms with Crippen molar-refractivity contribution in [3.63, 3.8) is 0 Å². The zero-order valence-electron chi connectivity index (χ0n) is 12.4. The zero-order valence-corrected chi connectivity index (χ0v) is 13.2. The van der Waals surface area contributed by atoms with E-state index in [1.807, 2.05) is 12.3 Å². The third kappa shape index (κ3) is 3.24. The van der Waals surface area contributed by atoms with Gasteiger partial charge in [0.15, 0.2) is 0 Å². The summed E-state index contributed by atoms with van der Waals surface area (Å²) in [5, 5.41) is 20.3. The van der Waals surface area contributed by atoms with Crippen LogP contribution in [0.15, 0.2) is 40.1 Å². The number of phenols is 1. The molecule has 2 heterocycles. The van der Waals surface area contributed by atoms with Crippen LogP contribution in [0.3, 0.4) is 0 Å². The van der Waals surface area contributed by atoms with Crippen LogP contribution in [0.2, 0.25) is 0 Å². The quantitative estimate of drug-likeness (QED) is 0.756. The van der Waals surface area contributed by atoms with Crippen LogP contribution in [0.5, 0.6) is 5.75 Å². The third-order valence-corrected chi connectivity index (χ3v) is 4.27. The summed E-state index contributed by atoms with van der Waals surface area (Å²) < 4.78 is 0. The molecule has 1 aliphatic rings. The summed E-state index contributed by atoms with van der Waals surface area (Å²) in [6, 6.07) is 6.59. The van der Waals surface area contributed by atoms with E-state index in [4.69, 9.17) is 0 Å². The van der Waals surface area contributed by atoms with Crippen LogP contribution in [0.4, 0.5) is 5.69 Å². The van der Waals surface area contributed by atoms with E-state index in [-0.39, 0.29) is 23.5 Å². The van der Waals surface area contributed by atoms with Gasteiger partial charge in [0.05, 0.1) is 17.0 Å². The van der Waals surface area contributed by atoms with Crippen LogP contribution in [0, 0.1) is 5.92 Å². The first-order valence-electron chi connectivity index (χ1n) is 7.08. The smallest absolute Gasteiger partial charge is 0.256 e. The fraction of sp³-hybridized carbons (Fsp3) is 0.188. The summed E-state index contributed by atoms with van der Waals surface area (Å²) in [6.45, 7) is 1.91. The number of hydrogen-bond acceptors (Lipinski definition) is 5. The van der Waals surface area contributed by atoms with Crippen molar-refractivity contribution >= 4 is 34.6 Å². The van der Waals surface area contributed by atoms with Gasteiger partial charge in [0.25, 0.3) is 5.91 Å². The molecule has 1 aromatic carbocycles. The van der Waals surface area contributed by atoms with Gasteiger partial charge in [-0.05, 0) is 29.6 Å². The van der Waals surface area contributed by atoms with Gasteiger partial charge in [0, 0.05) is 23.3 Å². The monoisotopic (exact) mass is 329 g/mol. The van der Waals surface area contributed by atoms with Crippen molar-refractivity contribution in [2.75, 3.05) is 5.32 Å². The normalized spacial score (nSPS) is 17.3. The number of amides is 2. The molecule has 0 radical (unpaired) electrons. The molecule has 0 aliphatic carbocycles. The van der Waals surface area contributed by atoms with Crippen molar-refractivity contribution in [2.45, 2.75) is 13.3 Å². The lowest BCUT2D eigenvalue weighted by molar-refractivity contribution is -0.121. The molecule has 0 fully saturated rings. The average Bonchev–Trinajstić information content (AvgIpc) is 3.04. The van der Waals surface area contributed by atoms with Gasteiger partial charge in [-0.25, -0.2) is 5.43 Å². The van der Waals surface area contributed by atoms with E-state index >= 15 is 0 Å². The molecule has 0 saturated heterocycles. The summed E-state index contributed by atoms with van der Waals surface area (Å²) in [4.78, 5) is 23.5. The first kappa shape index (κ1) is 15.2. The fourth-order valence-electron chi connectivity index (χ4n) is 2.39. The van der Waals surface area contributed by atoms with Crippen molar-refractivity contribution in [2.24, 2.45) is 11.0 Å². The Morgan fingerprint density at radius 2 is 2.26 bits per heavy atom. The van der Waals surface area contributed by atoms with E-state index in [9.17, 15) is 14.7 Å². The lowest BCUT2D eigenvalue weighted by Crippen LogP contribution is -2.32. The van der Waals surface area contributed by atoms with Crippen molar-refractivity contribution in [3.8, 4) is 5.75 Å². The Morgan fingerprint density at radius 1 is 1.43 bits per heavy atom. The molecule has 1 aromatic heterocycles. The molecule has 23 heavy (non-hydrogen) atoms. The van der Waals surface area contributed by atoms with Crippen LogP contribution in [0.25, 0.3) is 0 Å². The maximum Gasteiger partial charge on any atom is 0.256 e. The maximum absolute atomic E-state index is 12.1. The SMILES string of the molecule is CC1CC(=O)NN=C1c1ccc(O)c(NC(=O)c2ccsc2)c1. The summed E-state index contributed by atoms with van der Waals surface area (Å²) >= 11 is 1.43. The minimum Gasteiger partial charge on any atom is -0.506 e. The molecule has 3 rings (SSSR count). The number of nitrogens with one attached hydrogen (secondary N) is 2. The lowest BCUT2D eigenvalue weighted by Gasteiger charge is -2.20. The molecule has 2 amide bonds. The van der Waals surface area contributed by atoms with Gasteiger partial charge in [-0.2, -0.15) is 16.4 Å². The minimum absolute atomic E-state index is 0.0228. The number of rotatable bonds is 3. The van der Waals surface area contributed by atoms with Crippen LogP contribution in [-0.4, -0.2) is 22.6 Å². The van der Waals surface area contributed by atoms with E-state index in [2.05, 4.69) is 15.8 Å². The Balaban J connectivity index is 1.88. The highest BCUT2D eigenvalue weighted by atomic mass is 32.1. The number of anilines is 1. The van der Waals surface area contributed by atoms with Crippen LogP contribution in [0.1, 0.15) is 29.3 Å². The van der Waals surface area contributed by atoms with Crippen LogP contribution in [-0.2, 0) is 4.79 Å². The van der Waals surface area contributed by atoms with Gasteiger partial charge >= 0.3 is 0 Å². The first-order valence-corrected chi connectivity index (χ1v) is 8.02. The number of hydrazone groups is 1. The summed E-state index contributed by atoms with van der Waals surface area (Å²) in [6.07, 6.45) is 0.357. The number of thiophene rings is 1. The second-order valence-electron chi connectivity index (χ2n) is 5.34. The number of hydrogen-bond donors (Lipinski definition) is 3. The minimum atomic E-state index is -0.286. The molecule has 0 bridgehead atoms. The Morgan fingerprint density at radius 3 is 2.96 bits per heavy atom. The van der Waals surface area contributed by atoms with E-state index in [0.717, 1.165) is 11.3 Å². The number of aromatic hydroxyl groups is 1. The highest BCUT2D eigenvalue weighted by molar-refractivity contribution is 7.08. The van der Waals surface area contributed by atoms with Gasteiger partial charge in [-0.1, -0.05) is 6.92 Å². The maximum atomic E-state index is 12.1. The Hall–Kier alpha value is -2.67. The number of carbonyl (C=O) groups excluding carboxylic acids is 2. The molecule has 2 aromatic rings. The van der Waals surface area contributed by atoms with Gasteiger partial charge in [-0.15, -0.1) is 0 Å². The number of nitrogens with zero attached hydrogens (tertiary/aromatic N) is 1. The second-order valence-corrected chi connectivity index (χ2v) is 6.12. The molecule has 0 spiro atoms. The zero-order chi connectivity index (χ0) is 16.4. The standard InChI is InChI=1S/C16H15N3O3S/c1-9-6-14(21)18-19-15(9)10-2-3-13(20)12(7-10)17-16(22)11-4-5-23-8-11/h2-5,7-9,20H,6H2,1H3,(H,17,22)(H,18,21). The molecule has 3 N–H and O–H groups in total. The van der Waals surface area contributed by atoms with E-state index in [1.54, 1.807) is 23.6 Å². The molecule has 118 valence electrons. The number of carbonyl (C=O) groups is 2. The highest BCUT2D eigenvalue weighted by Gasteiger charge is 2.22. The third-order valence-electron chi connectivity index (χ3n) is 3.58. The molecular formula is C16H15N3O3S. The molecule has 6 nitrogen and oxygen atoms in total. The number of benzene rings is 1. The Kier molecular flexibility index (Phi) is 4.12. The Bertz CT molecular complexity index is 784. The van der Waals surface area contributed by atoms with Crippen molar-refractivity contribution < 1.29 is 14.7 Å². The van der Waals surface area contributed by atoms with Crippen molar-refractivity contribution in [1.82, 2.24) is 5.43 Å². The number of phenolic OH excluding ortho intramolecular Hbond substituents is 1. The predicted octanol–water partition coefficient (Wildman–Crippen LogP) is 2.57. The topological polar surface area (TPSA) is 90.8 Å². The average molecular weight is 329 g/mol. The molecule has 7 heteroatoms. The van der Waals surface area contributed by atoms with Gasteiger partial charge < -0.3 is 10.4 Å². The van der Waals surface area contributed by atoms with Gasteiger partial charge in [0.1, 0.15) is 5.75 Å². The molecule has 1 unspecified atom stereocenters. The molecule has 1 atom stereocenters. The summed E-state index contributed by atoms with van der Waals surface area (Å²) in [5.74, 6) is -0.462. The summed E-state index contributed by atoms with van der Waals surface area (Å²) in [7, 11) is 0. The van der Waals surface area contributed by atoms with Gasteiger partial charge in [-0.3, -0.25) is 9.59 Å². The highest BCUT2D eigenvalue weighted by Crippen LogP contribution is 2.27. The molecule has 1 aliphatic heterocycles. The van der Waals surface area contributed by atoms with Crippen LogP contribution < -0.4 is 10.7 Å². The van der Waals surface area contributed by atoms with Crippen molar-refractivity contribution in [3.05, 3.63) is 46.2 Å². The largest absolute Gasteiger partial charge is 0.506 e. The lowest BCUT2D eigenvalue weighted by atomic mass is 9.94. The van der Waals surface area contributed by atoms with Gasteiger partial charge in [0.2, 0.25) is 5.91 Å². The van der Waals surface area contributed by atoms with Crippen LogP contribution >= 0.6 is 11.3 Å². The molecular weight excluding hydrogens is 314 g/mol. The summed E-state index contributed by atoms with van der Waals surface area (Å²) in [5.41, 5.74) is 4.77. The first-order chi connectivity index (χ1) is 11.0. The predicted molar refractivity (Wildman–Crippen MR) is 88.8 cm³/mol. The fourth-order valence-corrected chi connectivity index (χ4v) is 3.02. The molecule has 0 saturated carbocycles. The van der Waals surface area contributed by atoms with E-state index in [0.29, 0.717) is 17.7 Å². The van der Waals surface area contributed by atoms with E-state index in [1.165, 1.54) is 17.4 Å². The Labute approximate surface area is 136 Å².